The Morgan fingerprint density at radius 2 is 1.76 bits per heavy atom. The van der Waals surface area contributed by atoms with Crippen molar-refractivity contribution in [2.75, 3.05) is 28.3 Å². The molecule has 1 amide bonds. The minimum atomic E-state index is -2.76. The summed E-state index contributed by atoms with van der Waals surface area (Å²) in [7, 11) is 5.99. The number of phenolic OH excluding ortho intramolecular Hbond substituents is 1. The van der Waals surface area contributed by atoms with E-state index in [0.29, 0.717) is 28.2 Å². The summed E-state index contributed by atoms with van der Waals surface area (Å²) < 4.78 is 17.5. The van der Waals surface area contributed by atoms with Crippen LogP contribution >= 0.6 is 0 Å². The van der Waals surface area contributed by atoms with Gasteiger partial charge in [-0.15, -0.1) is 0 Å². The van der Waals surface area contributed by atoms with Gasteiger partial charge < -0.3 is 40.4 Å². The van der Waals surface area contributed by atoms with Gasteiger partial charge in [-0.25, -0.2) is 0 Å². The maximum atomic E-state index is 14.2. The monoisotopic (exact) mass is 564 g/mol. The topological polar surface area (TPSA) is 189 Å². The van der Waals surface area contributed by atoms with Crippen molar-refractivity contribution in [2.24, 2.45) is 17.6 Å². The van der Waals surface area contributed by atoms with Crippen molar-refractivity contribution in [3.63, 3.8) is 0 Å². The predicted molar refractivity (Wildman–Crippen MR) is 142 cm³/mol. The van der Waals surface area contributed by atoms with E-state index in [-0.39, 0.29) is 29.1 Å². The van der Waals surface area contributed by atoms with Crippen LogP contribution in [0.1, 0.15) is 23.7 Å². The fourth-order valence-electron chi connectivity index (χ4n) is 6.99. The van der Waals surface area contributed by atoms with E-state index in [9.17, 15) is 34.8 Å². The summed E-state index contributed by atoms with van der Waals surface area (Å²) in [5.74, 6) is -6.58. The lowest BCUT2D eigenvalue weighted by molar-refractivity contribution is -0.155. The molecule has 2 aromatic carbocycles. The van der Waals surface area contributed by atoms with E-state index < -0.39 is 64.1 Å². The summed E-state index contributed by atoms with van der Waals surface area (Å²) in [4.78, 5) is 41.2. The number of ketones is 2. The number of amides is 1. The van der Waals surface area contributed by atoms with Crippen molar-refractivity contribution in [1.82, 2.24) is 4.90 Å². The number of rotatable bonds is 4. The zero-order valence-electron chi connectivity index (χ0n) is 22.6. The van der Waals surface area contributed by atoms with E-state index in [1.165, 1.54) is 39.3 Å². The van der Waals surface area contributed by atoms with Gasteiger partial charge in [0.1, 0.15) is 28.9 Å². The number of hydrogen-bond donors (Lipinski definition) is 5. The SMILES string of the molecule is COc1ccc2c(c1OC)OC1c3c-2ccc(O)c3C(O)=C2C(=O)C3(O)C(O)=C(C(N)=O)C(=O)C(N(C)C)C3CC21. The first kappa shape index (κ1) is 26.7. The van der Waals surface area contributed by atoms with Crippen molar-refractivity contribution in [3.05, 3.63) is 52.3 Å². The number of aliphatic hydroxyl groups excluding tert-OH is 2. The minimum Gasteiger partial charge on any atom is -0.508 e. The van der Waals surface area contributed by atoms with Crippen molar-refractivity contribution in [2.45, 2.75) is 24.2 Å². The van der Waals surface area contributed by atoms with Gasteiger partial charge >= 0.3 is 0 Å². The largest absolute Gasteiger partial charge is 0.508 e. The average Bonchev–Trinajstić information content (AvgIpc) is 2.92. The maximum Gasteiger partial charge on any atom is 0.255 e. The predicted octanol–water partition coefficient (Wildman–Crippen LogP) is 1.54. The molecular formula is C29H28N2O10. The van der Waals surface area contributed by atoms with E-state index >= 15 is 0 Å². The van der Waals surface area contributed by atoms with Crippen LogP contribution in [0.5, 0.6) is 23.0 Å². The van der Waals surface area contributed by atoms with Crippen LogP contribution < -0.4 is 19.9 Å². The van der Waals surface area contributed by atoms with Gasteiger partial charge in [-0.2, -0.15) is 0 Å². The summed E-state index contributed by atoms with van der Waals surface area (Å²) in [5.41, 5.74) is 2.97. The van der Waals surface area contributed by atoms with Crippen LogP contribution in [0.25, 0.3) is 16.9 Å². The molecule has 41 heavy (non-hydrogen) atoms. The number of primary amides is 1. The summed E-state index contributed by atoms with van der Waals surface area (Å²) in [6.45, 7) is 0. The number of methoxy groups -OCH3 is 2. The molecule has 4 aliphatic rings. The van der Waals surface area contributed by atoms with Gasteiger partial charge in [0.15, 0.2) is 22.9 Å². The Bertz CT molecular complexity index is 1640. The molecule has 1 fully saturated rings. The average molecular weight is 565 g/mol. The van der Waals surface area contributed by atoms with Crippen molar-refractivity contribution in [3.8, 4) is 34.1 Å². The fraction of sp³-hybridized carbons (Fsp3) is 0.345. The Hall–Kier alpha value is -4.55. The van der Waals surface area contributed by atoms with Crippen LogP contribution in [0.3, 0.4) is 0 Å². The Balaban J connectivity index is 1.64. The Kier molecular flexibility index (Phi) is 5.67. The van der Waals surface area contributed by atoms with Gasteiger partial charge in [-0.1, -0.05) is 6.07 Å². The van der Waals surface area contributed by atoms with Crippen molar-refractivity contribution in [1.29, 1.82) is 0 Å². The van der Waals surface area contributed by atoms with Gasteiger partial charge in [0, 0.05) is 28.5 Å². The molecule has 1 heterocycles. The van der Waals surface area contributed by atoms with Gasteiger partial charge in [-0.3, -0.25) is 19.3 Å². The Labute approximate surface area is 233 Å². The first-order chi connectivity index (χ1) is 19.4. The molecule has 0 saturated heterocycles. The number of carbonyl (C=O) groups excluding carboxylic acids is 3. The molecule has 0 bridgehead atoms. The third-order valence-corrected chi connectivity index (χ3v) is 8.70. The second kappa shape index (κ2) is 8.72. The number of aliphatic hydroxyl groups is 3. The smallest absolute Gasteiger partial charge is 0.255 e. The van der Waals surface area contributed by atoms with Crippen LogP contribution in [0, 0.1) is 11.8 Å². The molecule has 12 nitrogen and oxygen atoms in total. The highest BCUT2D eigenvalue weighted by molar-refractivity contribution is 6.24. The summed E-state index contributed by atoms with van der Waals surface area (Å²) in [5, 5.41) is 45.3. The second-order valence-corrected chi connectivity index (χ2v) is 10.8. The number of nitrogens with two attached hydrogens (primary N) is 1. The molecule has 3 aliphatic carbocycles. The first-order valence-electron chi connectivity index (χ1n) is 12.8. The lowest BCUT2D eigenvalue weighted by Crippen LogP contribution is -2.66. The highest BCUT2D eigenvalue weighted by Gasteiger charge is 2.66. The van der Waals surface area contributed by atoms with Gasteiger partial charge in [0.05, 0.1) is 25.8 Å². The van der Waals surface area contributed by atoms with Crippen molar-refractivity contribution < 1.29 is 49.0 Å². The molecule has 12 heteroatoms. The number of hydrogen-bond acceptors (Lipinski definition) is 11. The number of ether oxygens (including phenoxy) is 3. The molecule has 214 valence electrons. The fourth-order valence-corrected chi connectivity index (χ4v) is 6.99. The van der Waals surface area contributed by atoms with E-state index in [1.807, 2.05) is 0 Å². The quantitative estimate of drug-likeness (QED) is 0.339. The van der Waals surface area contributed by atoms with Crippen LogP contribution in [0.2, 0.25) is 0 Å². The van der Waals surface area contributed by atoms with Crippen LogP contribution in [-0.4, -0.2) is 82.8 Å². The number of fused-ring (bicyclic) bond motifs is 5. The third-order valence-electron chi connectivity index (χ3n) is 8.70. The molecule has 0 radical (unpaired) electrons. The number of benzene rings is 2. The van der Waals surface area contributed by atoms with Gasteiger partial charge in [-0.05, 0) is 44.3 Å². The highest BCUT2D eigenvalue weighted by Crippen LogP contribution is 2.61. The van der Waals surface area contributed by atoms with E-state index in [1.54, 1.807) is 18.2 Å². The lowest BCUT2D eigenvalue weighted by Gasteiger charge is -2.52. The molecule has 1 saturated carbocycles. The molecule has 1 aliphatic heterocycles. The standard InChI is InChI=1S/C29H28N2O10/c1-31(2)20-13-9-12-17(26(35)29(13,38)27(36)19(22(20)34)28(30)37)21(33)18-14(32)7-5-10-11-6-8-15(39-3)25(40-4)24(11)41-23(12)16(10)18/h5-8,12-13,20,23,32-33,36,38H,9H2,1-4H3,(H2,30,37). The highest BCUT2D eigenvalue weighted by atomic mass is 16.5. The molecule has 6 rings (SSSR count). The number of likely N-dealkylation sites (N-methyl/N-ethyl adjacent to an activating group) is 1. The normalized spacial score (nSPS) is 28.0. The van der Waals surface area contributed by atoms with Crippen LogP contribution in [0.4, 0.5) is 0 Å². The summed E-state index contributed by atoms with van der Waals surface area (Å²) >= 11 is 0. The number of nitrogens with zero attached hydrogens (tertiary/aromatic N) is 1. The molecule has 0 aromatic heterocycles. The van der Waals surface area contributed by atoms with E-state index in [2.05, 4.69) is 0 Å². The minimum absolute atomic E-state index is 0.0655. The zero-order valence-corrected chi connectivity index (χ0v) is 22.6. The number of Topliss-reactive ketones (excluding diaryl/α,β-unsaturated/α-hetero) is 2. The molecule has 6 N–H and O–H groups in total. The molecule has 5 unspecified atom stereocenters. The second-order valence-electron chi connectivity index (χ2n) is 10.8. The molecule has 0 spiro atoms. The Morgan fingerprint density at radius 3 is 2.37 bits per heavy atom. The summed E-state index contributed by atoms with van der Waals surface area (Å²) in [6, 6.07) is 5.24. The number of phenols is 1. The summed E-state index contributed by atoms with van der Waals surface area (Å²) in [6.07, 6.45) is -1.12. The molecular weight excluding hydrogens is 536 g/mol. The van der Waals surface area contributed by atoms with Crippen LogP contribution in [-0.2, 0) is 14.4 Å². The maximum absolute atomic E-state index is 14.2. The van der Waals surface area contributed by atoms with Gasteiger partial charge in [0.25, 0.3) is 5.91 Å². The third kappa shape index (κ3) is 3.19. The van der Waals surface area contributed by atoms with Gasteiger partial charge in [0.2, 0.25) is 11.5 Å². The van der Waals surface area contributed by atoms with E-state index in [0.717, 1.165) is 0 Å². The number of aromatic hydroxyl groups is 1. The zero-order chi connectivity index (χ0) is 29.7. The van der Waals surface area contributed by atoms with Crippen LogP contribution in [0.15, 0.2) is 41.2 Å². The lowest BCUT2D eigenvalue weighted by atomic mass is 9.56. The van der Waals surface area contributed by atoms with Crippen molar-refractivity contribution >= 4 is 23.2 Å². The van der Waals surface area contributed by atoms with E-state index in [4.69, 9.17) is 19.9 Å². The molecule has 5 atom stereocenters. The number of carbonyl (C=O) groups is 3. The molecule has 2 aromatic rings. The Morgan fingerprint density at radius 1 is 1.07 bits per heavy atom. The first-order valence-corrected chi connectivity index (χ1v) is 12.8.